The second kappa shape index (κ2) is 5.90. The lowest BCUT2D eigenvalue weighted by Gasteiger charge is -2.05. The minimum absolute atomic E-state index is 0.264. The number of hydrogen-bond donors (Lipinski definition) is 0. The van der Waals surface area contributed by atoms with Crippen molar-refractivity contribution >= 4 is 11.9 Å². The third-order valence-electron chi connectivity index (χ3n) is 1.86. The lowest BCUT2D eigenvalue weighted by atomic mass is 10.3. The summed E-state index contributed by atoms with van der Waals surface area (Å²) in [6.07, 6.45) is 1.88. The molecular formula is C12H11F2NO3. The molecule has 0 aliphatic carbocycles. The van der Waals surface area contributed by atoms with Crippen molar-refractivity contribution in [2.45, 2.75) is 0 Å². The number of rotatable bonds is 3. The molecule has 1 rings (SSSR count). The van der Waals surface area contributed by atoms with Gasteiger partial charge in [0.25, 0.3) is 0 Å². The smallest absolute Gasteiger partial charge is 0.336 e. The van der Waals surface area contributed by atoms with Gasteiger partial charge >= 0.3 is 5.97 Å². The summed E-state index contributed by atoms with van der Waals surface area (Å²) in [7, 11) is 3.03. The molecule has 1 amide bonds. The van der Waals surface area contributed by atoms with E-state index in [1.54, 1.807) is 0 Å². The van der Waals surface area contributed by atoms with E-state index in [0.717, 1.165) is 24.3 Å². The highest BCUT2D eigenvalue weighted by atomic mass is 19.1. The molecule has 0 spiro atoms. The fourth-order valence-corrected chi connectivity index (χ4v) is 1.03. The molecule has 0 atom stereocenters. The van der Waals surface area contributed by atoms with Gasteiger partial charge in [0.15, 0.2) is 0 Å². The Morgan fingerprint density at radius 3 is 2.17 bits per heavy atom. The average molecular weight is 255 g/mol. The van der Waals surface area contributed by atoms with Gasteiger partial charge in [0.2, 0.25) is 5.91 Å². The second-order valence-electron chi connectivity index (χ2n) is 3.59. The third kappa shape index (κ3) is 4.32. The molecule has 96 valence electrons. The van der Waals surface area contributed by atoms with Crippen LogP contribution >= 0.6 is 0 Å². The summed E-state index contributed by atoms with van der Waals surface area (Å²) in [6.45, 7) is 0. The van der Waals surface area contributed by atoms with Crippen LogP contribution in [-0.4, -0.2) is 30.9 Å². The number of carbonyl (C=O) groups excluding carboxylic acids is 2. The van der Waals surface area contributed by atoms with Gasteiger partial charge in [0.05, 0.1) is 0 Å². The van der Waals surface area contributed by atoms with Crippen molar-refractivity contribution in [3.8, 4) is 5.75 Å². The van der Waals surface area contributed by atoms with Crippen LogP contribution in [0, 0.1) is 11.6 Å². The van der Waals surface area contributed by atoms with Crippen LogP contribution in [0.2, 0.25) is 0 Å². The number of halogens is 2. The first-order valence-electron chi connectivity index (χ1n) is 4.96. The SMILES string of the molecule is CN(C)C(=O)/C=C/C(=O)Oc1cc(F)cc(F)c1. The molecule has 4 nitrogen and oxygen atoms in total. The monoisotopic (exact) mass is 255 g/mol. The zero-order chi connectivity index (χ0) is 13.7. The highest BCUT2D eigenvalue weighted by Gasteiger charge is 2.06. The lowest BCUT2D eigenvalue weighted by Crippen LogP contribution is -2.19. The fraction of sp³-hybridized carbons (Fsp3) is 0.167. The molecule has 0 aromatic heterocycles. The molecule has 0 bridgehead atoms. The summed E-state index contributed by atoms with van der Waals surface area (Å²) >= 11 is 0. The summed E-state index contributed by atoms with van der Waals surface area (Å²) < 4.78 is 30.2. The van der Waals surface area contributed by atoms with Crippen molar-refractivity contribution in [3.63, 3.8) is 0 Å². The Hall–Kier alpha value is -2.24. The molecule has 0 fully saturated rings. The number of esters is 1. The number of likely N-dealkylation sites (N-methyl/N-ethyl adjacent to an activating group) is 1. The summed E-state index contributed by atoms with van der Waals surface area (Å²) in [5.74, 6) is -3.27. The predicted molar refractivity (Wildman–Crippen MR) is 59.8 cm³/mol. The number of amides is 1. The molecule has 0 saturated heterocycles. The van der Waals surface area contributed by atoms with Gasteiger partial charge in [-0.25, -0.2) is 13.6 Å². The van der Waals surface area contributed by atoms with Crippen molar-refractivity contribution < 1.29 is 23.1 Å². The molecule has 1 aromatic carbocycles. The van der Waals surface area contributed by atoms with Crippen molar-refractivity contribution in [2.75, 3.05) is 14.1 Å². The highest BCUT2D eigenvalue weighted by Crippen LogP contribution is 2.15. The van der Waals surface area contributed by atoms with E-state index in [9.17, 15) is 18.4 Å². The predicted octanol–water partition coefficient (Wildman–Crippen LogP) is 1.51. The van der Waals surface area contributed by atoms with Crippen LogP contribution in [0.25, 0.3) is 0 Å². The average Bonchev–Trinajstić information content (AvgIpc) is 2.24. The summed E-state index contributed by atoms with van der Waals surface area (Å²) in [5.41, 5.74) is 0. The van der Waals surface area contributed by atoms with Crippen LogP contribution in [0.15, 0.2) is 30.4 Å². The molecule has 0 N–H and O–H groups in total. The Balaban J connectivity index is 2.68. The molecule has 1 aromatic rings. The molecule has 0 saturated carbocycles. The quantitative estimate of drug-likeness (QED) is 0.467. The van der Waals surface area contributed by atoms with E-state index in [0.29, 0.717) is 6.07 Å². The van der Waals surface area contributed by atoms with Gasteiger partial charge in [-0.15, -0.1) is 0 Å². The Morgan fingerprint density at radius 1 is 1.11 bits per heavy atom. The number of carbonyl (C=O) groups is 2. The largest absolute Gasteiger partial charge is 0.423 e. The van der Waals surface area contributed by atoms with Gasteiger partial charge in [0.1, 0.15) is 17.4 Å². The number of benzene rings is 1. The zero-order valence-corrected chi connectivity index (χ0v) is 9.81. The Bertz CT molecular complexity index is 478. The van der Waals surface area contributed by atoms with Gasteiger partial charge in [-0.1, -0.05) is 0 Å². The maximum Gasteiger partial charge on any atom is 0.336 e. The van der Waals surface area contributed by atoms with Crippen LogP contribution in [-0.2, 0) is 9.59 Å². The Morgan fingerprint density at radius 2 is 1.67 bits per heavy atom. The van der Waals surface area contributed by atoms with Gasteiger partial charge < -0.3 is 9.64 Å². The standard InChI is InChI=1S/C12H11F2NO3/c1-15(2)11(16)3-4-12(17)18-10-6-8(13)5-9(14)7-10/h3-7H,1-2H3/b4-3+. The maximum absolute atomic E-state index is 12.8. The van der Waals surface area contributed by atoms with E-state index in [1.807, 2.05) is 0 Å². The summed E-state index contributed by atoms with van der Waals surface area (Å²) in [5, 5.41) is 0. The van der Waals surface area contributed by atoms with Gasteiger partial charge in [0, 0.05) is 44.4 Å². The zero-order valence-electron chi connectivity index (χ0n) is 9.81. The fourth-order valence-electron chi connectivity index (χ4n) is 1.03. The molecule has 0 unspecified atom stereocenters. The van der Waals surface area contributed by atoms with E-state index < -0.39 is 23.5 Å². The molecule has 0 aliphatic heterocycles. The third-order valence-corrected chi connectivity index (χ3v) is 1.86. The molecule has 0 radical (unpaired) electrons. The van der Waals surface area contributed by atoms with Gasteiger partial charge in [-0.3, -0.25) is 4.79 Å². The van der Waals surface area contributed by atoms with Crippen molar-refractivity contribution in [3.05, 3.63) is 42.0 Å². The first-order chi connectivity index (χ1) is 8.38. The molecule has 6 heteroatoms. The molecule has 0 aliphatic rings. The number of nitrogens with zero attached hydrogens (tertiary/aromatic N) is 1. The Kier molecular flexibility index (Phi) is 4.53. The maximum atomic E-state index is 12.8. The van der Waals surface area contributed by atoms with Crippen molar-refractivity contribution in [2.24, 2.45) is 0 Å². The van der Waals surface area contributed by atoms with E-state index in [2.05, 4.69) is 4.74 Å². The van der Waals surface area contributed by atoms with Gasteiger partial charge in [-0.2, -0.15) is 0 Å². The second-order valence-corrected chi connectivity index (χ2v) is 3.59. The van der Waals surface area contributed by atoms with Crippen molar-refractivity contribution in [1.29, 1.82) is 0 Å². The minimum Gasteiger partial charge on any atom is -0.423 e. The van der Waals surface area contributed by atoms with Crippen LogP contribution in [0.1, 0.15) is 0 Å². The Labute approximate surface area is 102 Å². The number of hydrogen-bond acceptors (Lipinski definition) is 3. The highest BCUT2D eigenvalue weighted by molar-refractivity contribution is 5.94. The lowest BCUT2D eigenvalue weighted by molar-refractivity contribution is -0.129. The summed E-state index contributed by atoms with van der Waals surface area (Å²) in [4.78, 5) is 23.6. The number of ether oxygens (including phenoxy) is 1. The van der Waals surface area contributed by atoms with Crippen molar-refractivity contribution in [1.82, 2.24) is 4.90 Å². The normalized spacial score (nSPS) is 10.4. The first-order valence-corrected chi connectivity index (χ1v) is 4.96. The van der Waals surface area contributed by atoms with E-state index >= 15 is 0 Å². The molecule has 18 heavy (non-hydrogen) atoms. The van der Waals surface area contributed by atoms with E-state index in [1.165, 1.54) is 19.0 Å². The van der Waals surface area contributed by atoms with Crippen LogP contribution in [0.4, 0.5) is 8.78 Å². The minimum atomic E-state index is -0.893. The van der Waals surface area contributed by atoms with Crippen LogP contribution in [0.5, 0.6) is 5.75 Å². The van der Waals surface area contributed by atoms with Crippen LogP contribution < -0.4 is 4.74 Å². The summed E-state index contributed by atoms with van der Waals surface area (Å²) in [6, 6.07) is 2.38. The van der Waals surface area contributed by atoms with Crippen LogP contribution in [0.3, 0.4) is 0 Å². The molecule has 0 heterocycles. The van der Waals surface area contributed by atoms with E-state index in [-0.39, 0.29) is 5.75 Å². The van der Waals surface area contributed by atoms with Gasteiger partial charge in [-0.05, 0) is 0 Å². The van der Waals surface area contributed by atoms with E-state index in [4.69, 9.17) is 0 Å². The molecular weight excluding hydrogens is 244 g/mol. The topological polar surface area (TPSA) is 46.6 Å². The first kappa shape index (κ1) is 13.8.